The number of benzene rings is 2. The van der Waals surface area contributed by atoms with Crippen LogP contribution in [0.3, 0.4) is 0 Å². The van der Waals surface area contributed by atoms with Crippen molar-refractivity contribution in [3.63, 3.8) is 0 Å². The summed E-state index contributed by atoms with van der Waals surface area (Å²) in [6.07, 6.45) is 0. The van der Waals surface area contributed by atoms with Crippen molar-refractivity contribution in [3.05, 3.63) is 53.6 Å². The standard InChI is InChI=1S/C20H23NO7S/c1-25-18-6-4-3-5-15(18)14-28-20(22)17-13-16(7-8-19(17)26-2)29(23,24)21-9-11-27-12-10-21/h3-8,13H,9-12,14H2,1-2H3. The lowest BCUT2D eigenvalue weighted by Crippen LogP contribution is -2.40. The van der Waals surface area contributed by atoms with Crippen molar-refractivity contribution in [2.24, 2.45) is 0 Å². The molecule has 2 aromatic rings. The second-order valence-electron chi connectivity index (χ2n) is 6.27. The van der Waals surface area contributed by atoms with Gasteiger partial charge < -0.3 is 18.9 Å². The summed E-state index contributed by atoms with van der Waals surface area (Å²) in [6.45, 7) is 1.18. The zero-order valence-electron chi connectivity index (χ0n) is 16.3. The highest BCUT2D eigenvalue weighted by molar-refractivity contribution is 7.89. The van der Waals surface area contributed by atoms with Crippen LogP contribution in [-0.2, 0) is 26.1 Å². The van der Waals surface area contributed by atoms with Crippen LogP contribution < -0.4 is 9.47 Å². The number of methoxy groups -OCH3 is 2. The van der Waals surface area contributed by atoms with E-state index in [9.17, 15) is 13.2 Å². The SMILES string of the molecule is COc1ccccc1COC(=O)c1cc(S(=O)(=O)N2CCOCC2)ccc1OC. The highest BCUT2D eigenvalue weighted by atomic mass is 32.2. The van der Waals surface area contributed by atoms with E-state index in [-0.39, 0.29) is 35.9 Å². The average Bonchev–Trinajstić information content (AvgIpc) is 2.77. The van der Waals surface area contributed by atoms with Crippen LogP contribution in [0.1, 0.15) is 15.9 Å². The first-order chi connectivity index (χ1) is 14.0. The minimum absolute atomic E-state index is 0.00411. The highest BCUT2D eigenvalue weighted by Crippen LogP contribution is 2.27. The predicted octanol–water partition coefficient (Wildman–Crippen LogP) is 2.08. The van der Waals surface area contributed by atoms with Crippen molar-refractivity contribution in [3.8, 4) is 11.5 Å². The molecule has 156 valence electrons. The first-order valence-electron chi connectivity index (χ1n) is 9.02. The fraction of sp³-hybridized carbons (Fsp3) is 0.350. The minimum Gasteiger partial charge on any atom is -0.496 e. The predicted molar refractivity (Wildman–Crippen MR) is 105 cm³/mol. The van der Waals surface area contributed by atoms with E-state index in [1.807, 2.05) is 12.1 Å². The van der Waals surface area contributed by atoms with Gasteiger partial charge in [0.05, 0.1) is 32.3 Å². The van der Waals surface area contributed by atoms with Gasteiger partial charge in [-0.05, 0) is 24.3 Å². The van der Waals surface area contributed by atoms with Gasteiger partial charge in [-0.3, -0.25) is 0 Å². The number of esters is 1. The topological polar surface area (TPSA) is 91.4 Å². The van der Waals surface area contributed by atoms with E-state index in [1.54, 1.807) is 12.1 Å². The molecule has 0 bridgehead atoms. The third kappa shape index (κ3) is 4.69. The van der Waals surface area contributed by atoms with Crippen LogP contribution in [0.5, 0.6) is 11.5 Å². The number of ether oxygens (including phenoxy) is 4. The third-order valence-electron chi connectivity index (χ3n) is 4.55. The van der Waals surface area contributed by atoms with Crippen molar-refractivity contribution < 1.29 is 32.2 Å². The fourth-order valence-electron chi connectivity index (χ4n) is 2.99. The van der Waals surface area contributed by atoms with Gasteiger partial charge in [-0.2, -0.15) is 4.31 Å². The van der Waals surface area contributed by atoms with Crippen LogP contribution in [0.4, 0.5) is 0 Å². The summed E-state index contributed by atoms with van der Waals surface area (Å²) in [7, 11) is -0.814. The molecule has 1 aliphatic rings. The smallest absolute Gasteiger partial charge is 0.342 e. The number of morpholine rings is 1. The van der Waals surface area contributed by atoms with Crippen molar-refractivity contribution in [1.29, 1.82) is 0 Å². The summed E-state index contributed by atoms with van der Waals surface area (Å²) in [4.78, 5) is 12.7. The number of hydrogen-bond donors (Lipinski definition) is 0. The lowest BCUT2D eigenvalue weighted by molar-refractivity contribution is 0.0466. The van der Waals surface area contributed by atoms with Gasteiger partial charge in [0.1, 0.15) is 23.7 Å². The van der Waals surface area contributed by atoms with Gasteiger partial charge >= 0.3 is 5.97 Å². The zero-order chi connectivity index (χ0) is 20.9. The molecule has 0 radical (unpaired) electrons. The number of carbonyl (C=O) groups excluding carboxylic acids is 1. The molecule has 1 aliphatic heterocycles. The Labute approximate surface area is 170 Å². The summed E-state index contributed by atoms with van der Waals surface area (Å²) < 4.78 is 48.2. The molecule has 0 unspecified atom stereocenters. The van der Waals surface area contributed by atoms with E-state index in [4.69, 9.17) is 18.9 Å². The van der Waals surface area contributed by atoms with E-state index in [2.05, 4.69) is 0 Å². The van der Waals surface area contributed by atoms with Gasteiger partial charge in [-0.1, -0.05) is 18.2 Å². The molecule has 1 heterocycles. The Balaban J connectivity index is 1.84. The summed E-state index contributed by atoms with van der Waals surface area (Å²) in [6, 6.07) is 11.3. The Morgan fingerprint density at radius 1 is 1.03 bits per heavy atom. The second kappa shape index (κ2) is 9.25. The van der Waals surface area contributed by atoms with E-state index < -0.39 is 16.0 Å². The van der Waals surface area contributed by atoms with Crippen LogP contribution >= 0.6 is 0 Å². The summed E-state index contributed by atoms with van der Waals surface area (Å²) in [5.41, 5.74) is 0.733. The number of rotatable bonds is 7. The lowest BCUT2D eigenvalue weighted by Gasteiger charge is -2.26. The number of carbonyl (C=O) groups is 1. The fourth-order valence-corrected chi connectivity index (χ4v) is 4.42. The van der Waals surface area contributed by atoms with Gasteiger partial charge in [0.2, 0.25) is 10.0 Å². The molecule has 0 saturated carbocycles. The second-order valence-corrected chi connectivity index (χ2v) is 8.20. The van der Waals surface area contributed by atoms with Crippen LogP contribution in [0, 0.1) is 0 Å². The molecule has 0 aromatic heterocycles. The number of nitrogens with zero attached hydrogens (tertiary/aromatic N) is 1. The van der Waals surface area contributed by atoms with Crippen molar-refractivity contribution in [2.75, 3.05) is 40.5 Å². The average molecular weight is 421 g/mol. The monoisotopic (exact) mass is 421 g/mol. The number of para-hydroxylation sites is 1. The lowest BCUT2D eigenvalue weighted by atomic mass is 10.2. The third-order valence-corrected chi connectivity index (χ3v) is 6.44. The van der Waals surface area contributed by atoms with Crippen LogP contribution in [-0.4, -0.2) is 59.2 Å². The first-order valence-corrected chi connectivity index (χ1v) is 10.5. The van der Waals surface area contributed by atoms with Crippen molar-refractivity contribution >= 4 is 16.0 Å². The first kappa shape index (κ1) is 21.1. The quantitative estimate of drug-likeness (QED) is 0.632. The molecule has 1 fully saturated rings. The van der Waals surface area contributed by atoms with E-state index in [0.717, 1.165) is 0 Å². The molecule has 0 N–H and O–H groups in total. The van der Waals surface area contributed by atoms with Gasteiger partial charge in [0.25, 0.3) is 0 Å². The summed E-state index contributed by atoms with van der Waals surface area (Å²) in [5, 5.41) is 0. The molecule has 2 aromatic carbocycles. The van der Waals surface area contributed by atoms with E-state index in [1.165, 1.54) is 36.7 Å². The van der Waals surface area contributed by atoms with Crippen LogP contribution in [0.15, 0.2) is 47.4 Å². The van der Waals surface area contributed by atoms with E-state index >= 15 is 0 Å². The normalized spacial score (nSPS) is 15.0. The highest BCUT2D eigenvalue weighted by Gasteiger charge is 2.28. The Bertz CT molecular complexity index is 969. The molecular formula is C20H23NO7S. The van der Waals surface area contributed by atoms with Crippen molar-refractivity contribution in [2.45, 2.75) is 11.5 Å². The largest absolute Gasteiger partial charge is 0.496 e. The van der Waals surface area contributed by atoms with Gasteiger partial charge in [-0.25, -0.2) is 13.2 Å². The molecule has 0 amide bonds. The van der Waals surface area contributed by atoms with Gasteiger partial charge in [-0.15, -0.1) is 0 Å². The maximum atomic E-state index is 12.9. The number of hydrogen-bond acceptors (Lipinski definition) is 7. The maximum absolute atomic E-state index is 12.9. The molecule has 29 heavy (non-hydrogen) atoms. The van der Waals surface area contributed by atoms with Gasteiger partial charge in [0, 0.05) is 18.7 Å². The summed E-state index contributed by atoms with van der Waals surface area (Å²) >= 11 is 0. The molecule has 3 rings (SSSR count). The Hall–Kier alpha value is -2.62. The molecule has 1 saturated heterocycles. The zero-order valence-corrected chi connectivity index (χ0v) is 17.1. The molecule has 8 nitrogen and oxygen atoms in total. The van der Waals surface area contributed by atoms with Crippen LogP contribution in [0.2, 0.25) is 0 Å². The number of sulfonamides is 1. The Morgan fingerprint density at radius 2 is 1.72 bits per heavy atom. The molecule has 0 atom stereocenters. The summed E-state index contributed by atoms with van der Waals surface area (Å²) in [5.74, 6) is 0.138. The van der Waals surface area contributed by atoms with E-state index in [0.29, 0.717) is 24.5 Å². The molecule has 0 spiro atoms. The molecule has 9 heteroatoms. The van der Waals surface area contributed by atoms with Gasteiger partial charge in [0.15, 0.2) is 0 Å². The Morgan fingerprint density at radius 3 is 2.41 bits per heavy atom. The minimum atomic E-state index is -3.75. The maximum Gasteiger partial charge on any atom is 0.342 e. The van der Waals surface area contributed by atoms with Crippen molar-refractivity contribution in [1.82, 2.24) is 4.31 Å². The van der Waals surface area contributed by atoms with Crippen LogP contribution in [0.25, 0.3) is 0 Å². The molecular weight excluding hydrogens is 398 g/mol. The molecule has 0 aliphatic carbocycles. The Kier molecular flexibility index (Phi) is 6.73.